The molecule has 1 aromatic carbocycles. The zero-order valence-corrected chi connectivity index (χ0v) is 7.78. The first kappa shape index (κ1) is 10.2. The van der Waals surface area contributed by atoms with Gasteiger partial charge in [-0.3, -0.25) is 9.59 Å². The van der Waals surface area contributed by atoms with Gasteiger partial charge in [-0.1, -0.05) is 6.07 Å². The van der Waals surface area contributed by atoms with Gasteiger partial charge in [-0.25, -0.2) is 0 Å². The van der Waals surface area contributed by atoms with Gasteiger partial charge in [0.2, 0.25) is 0 Å². The van der Waals surface area contributed by atoms with Crippen LogP contribution in [0, 0.1) is 0 Å². The Hall–Kier alpha value is -1.84. The molecule has 0 fully saturated rings. The molecule has 0 saturated heterocycles. The van der Waals surface area contributed by atoms with E-state index in [0.717, 1.165) is 0 Å². The Morgan fingerprint density at radius 2 is 2.14 bits per heavy atom. The summed E-state index contributed by atoms with van der Waals surface area (Å²) in [6.07, 6.45) is 0. The molecule has 0 aliphatic carbocycles. The molecule has 1 amide bonds. The van der Waals surface area contributed by atoms with Crippen molar-refractivity contribution in [3.63, 3.8) is 0 Å². The van der Waals surface area contributed by atoms with Crippen LogP contribution in [0.1, 0.15) is 17.3 Å². The molecule has 2 N–H and O–H groups in total. The first-order valence-corrected chi connectivity index (χ1v) is 4.16. The van der Waals surface area contributed by atoms with E-state index in [0.29, 0.717) is 5.56 Å². The topological polar surface area (TPSA) is 66.4 Å². The Labute approximate surface area is 81.6 Å². The first-order chi connectivity index (χ1) is 6.59. The number of amides is 1. The number of benzene rings is 1. The fraction of sp³-hybridized carbons (Fsp3) is 0.200. The second-order valence-corrected chi connectivity index (χ2v) is 2.94. The van der Waals surface area contributed by atoms with Gasteiger partial charge in [0.05, 0.1) is 6.54 Å². The normalized spacial score (nSPS) is 9.50. The van der Waals surface area contributed by atoms with E-state index in [9.17, 15) is 9.59 Å². The predicted molar refractivity (Wildman–Crippen MR) is 51.1 cm³/mol. The highest BCUT2D eigenvalue weighted by Crippen LogP contribution is 2.10. The number of Topliss-reactive ketones (excluding diaryl/α,β-unsaturated/α-hetero) is 1. The minimum Gasteiger partial charge on any atom is -0.508 e. The lowest BCUT2D eigenvalue weighted by molar-refractivity contribution is -0.116. The van der Waals surface area contributed by atoms with Gasteiger partial charge >= 0.3 is 0 Å². The number of phenols is 1. The molecule has 0 bridgehead atoms. The monoisotopic (exact) mass is 193 g/mol. The van der Waals surface area contributed by atoms with Crippen LogP contribution in [0.3, 0.4) is 0 Å². The minimum absolute atomic E-state index is 0.00842. The maximum atomic E-state index is 11.3. The molecule has 1 aromatic rings. The lowest BCUT2D eigenvalue weighted by Crippen LogP contribution is -2.28. The van der Waals surface area contributed by atoms with Crippen LogP contribution in [0.15, 0.2) is 24.3 Å². The summed E-state index contributed by atoms with van der Waals surface area (Å²) in [5.74, 6) is -0.449. The Morgan fingerprint density at radius 1 is 1.43 bits per heavy atom. The van der Waals surface area contributed by atoms with Gasteiger partial charge in [-0.2, -0.15) is 0 Å². The van der Waals surface area contributed by atoms with Crippen LogP contribution in [-0.4, -0.2) is 23.3 Å². The third-order valence-corrected chi connectivity index (χ3v) is 1.61. The second-order valence-electron chi connectivity index (χ2n) is 2.94. The van der Waals surface area contributed by atoms with E-state index >= 15 is 0 Å². The van der Waals surface area contributed by atoms with Gasteiger partial charge in [-0.15, -0.1) is 0 Å². The molecule has 0 aliphatic rings. The van der Waals surface area contributed by atoms with Gasteiger partial charge in [0, 0.05) is 5.56 Å². The zero-order valence-electron chi connectivity index (χ0n) is 7.78. The van der Waals surface area contributed by atoms with Crippen molar-refractivity contribution in [3.05, 3.63) is 29.8 Å². The van der Waals surface area contributed by atoms with Crippen LogP contribution >= 0.6 is 0 Å². The second kappa shape index (κ2) is 4.41. The summed E-state index contributed by atoms with van der Waals surface area (Å²) < 4.78 is 0. The smallest absolute Gasteiger partial charge is 0.251 e. The van der Waals surface area contributed by atoms with Crippen molar-refractivity contribution in [3.8, 4) is 5.75 Å². The number of hydrogen-bond donors (Lipinski definition) is 2. The third kappa shape index (κ3) is 2.90. The summed E-state index contributed by atoms with van der Waals surface area (Å²) in [6.45, 7) is 1.40. The van der Waals surface area contributed by atoms with Crippen LogP contribution in [0.5, 0.6) is 5.75 Å². The number of phenolic OH excluding ortho intramolecular Hbond substituents is 1. The summed E-state index contributed by atoms with van der Waals surface area (Å²) in [4.78, 5) is 21.9. The molecule has 4 nitrogen and oxygen atoms in total. The van der Waals surface area contributed by atoms with E-state index in [1.807, 2.05) is 0 Å². The maximum Gasteiger partial charge on any atom is 0.251 e. The van der Waals surface area contributed by atoms with E-state index < -0.39 is 0 Å². The van der Waals surface area contributed by atoms with Gasteiger partial charge < -0.3 is 10.4 Å². The van der Waals surface area contributed by atoms with E-state index in [1.165, 1.54) is 19.1 Å². The van der Waals surface area contributed by atoms with E-state index in [4.69, 9.17) is 5.11 Å². The van der Waals surface area contributed by atoms with Crippen LogP contribution in [0.2, 0.25) is 0 Å². The number of aromatic hydroxyl groups is 1. The van der Waals surface area contributed by atoms with Gasteiger partial charge in [0.15, 0.2) is 0 Å². The first-order valence-electron chi connectivity index (χ1n) is 4.16. The summed E-state index contributed by atoms with van der Waals surface area (Å²) in [5.41, 5.74) is 0.339. The van der Waals surface area contributed by atoms with Crippen LogP contribution in [0.4, 0.5) is 0 Å². The maximum absolute atomic E-state index is 11.3. The predicted octanol–water partition coefficient (Wildman–Crippen LogP) is 0.711. The molecule has 0 unspecified atom stereocenters. The Balaban J connectivity index is 2.65. The van der Waals surface area contributed by atoms with Crippen LogP contribution in [-0.2, 0) is 4.79 Å². The van der Waals surface area contributed by atoms with Crippen molar-refractivity contribution in [1.82, 2.24) is 5.32 Å². The highest BCUT2D eigenvalue weighted by atomic mass is 16.3. The fourth-order valence-electron chi connectivity index (χ4n) is 0.954. The molecule has 4 heteroatoms. The summed E-state index contributed by atoms with van der Waals surface area (Å²) >= 11 is 0. The van der Waals surface area contributed by atoms with Crippen molar-refractivity contribution >= 4 is 11.7 Å². The van der Waals surface area contributed by atoms with Crippen molar-refractivity contribution in [2.45, 2.75) is 6.92 Å². The standard InChI is InChI=1S/C10H11NO3/c1-7(12)6-11-10(14)8-3-2-4-9(13)5-8/h2-5,13H,6H2,1H3,(H,11,14). The van der Waals surface area contributed by atoms with Crippen LogP contribution < -0.4 is 5.32 Å². The third-order valence-electron chi connectivity index (χ3n) is 1.61. The number of hydrogen-bond acceptors (Lipinski definition) is 3. The summed E-state index contributed by atoms with van der Waals surface area (Å²) in [5, 5.41) is 11.5. The fourth-order valence-corrected chi connectivity index (χ4v) is 0.954. The molecule has 0 heterocycles. The van der Waals surface area contributed by atoms with Crippen molar-refractivity contribution in [2.24, 2.45) is 0 Å². The average molecular weight is 193 g/mol. The minimum atomic E-state index is -0.365. The van der Waals surface area contributed by atoms with Gasteiger partial charge in [0.25, 0.3) is 5.91 Å². The molecule has 0 atom stereocenters. The lowest BCUT2D eigenvalue weighted by Gasteiger charge is -2.02. The summed E-state index contributed by atoms with van der Waals surface area (Å²) in [7, 11) is 0. The molecule has 0 saturated carbocycles. The number of rotatable bonds is 3. The van der Waals surface area contributed by atoms with Crippen molar-refractivity contribution in [1.29, 1.82) is 0 Å². The molecule has 1 rings (SSSR count). The average Bonchev–Trinajstić information content (AvgIpc) is 2.14. The number of nitrogens with one attached hydrogen (secondary N) is 1. The number of carbonyl (C=O) groups excluding carboxylic acids is 2. The molecule has 74 valence electrons. The van der Waals surface area contributed by atoms with E-state index in [-0.39, 0.29) is 24.0 Å². The van der Waals surface area contributed by atoms with Crippen LogP contribution in [0.25, 0.3) is 0 Å². The Morgan fingerprint density at radius 3 is 2.71 bits per heavy atom. The Bertz CT molecular complexity index is 360. The quantitative estimate of drug-likeness (QED) is 0.743. The highest BCUT2D eigenvalue weighted by Gasteiger charge is 2.05. The van der Waals surface area contributed by atoms with E-state index in [2.05, 4.69) is 5.32 Å². The largest absolute Gasteiger partial charge is 0.508 e. The molecule has 0 aliphatic heterocycles. The zero-order chi connectivity index (χ0) is 10.6. The molecule has 0 radical (unpaired) electrons. The molecule has 14 heavy (non-hydrogen) atoms. The summed E-state index contributed by atoms with van der Waals surface area (Å²) in [6, 6.07) is 5.95. The van der Waals surface area contributed by atoms with Crippen molar-refractivity contribution in [2.75, 3.05) is 6.54 Å². The highest BCUT2D eigenvalue weighted by molar-refractivity contribution is 5.96. The molecular weight excluding hydrogens is 182 g/mol. The Kier molecular flexibility index (Phi) is 3.23. The number of carbonyl (C=O) groups is 2. The molecule has 0 spiro atoms. The SMILES string of the molecule is CC(=O)CNC(=O)c1cccc(O)c1. The number of ketones is 1. The lowest BCUT2D eigenvalue weighted by atomic mass is 10.2. The van der Waals surface area contributed by atoms with Gasteiger partial charge in [0.1, 0.15) is 11.5 Å². The van der Waals surface area contributed by atoms with E-state index in [1.54, 1.807) is 12.1 Å². The molecular formula is C10H11NO3. The van der Waals surface area contributed by atoms with Crippen molar-refractivity contribution < 1.29 is 14.7 Å². The molecule has 0 aromatic heterocycles. The van der Waals surface area contributed by atoms with Gasteiger partial charge in [-0.05, 0) is 25.1 Å².